The summed E-state index contributed by atoms with van der Waals surface area (Å²) in [6, 6.07) is 10.8. The van der Waals surface area contributed by atoms with Crippen molar-refractivity contribution in [2.24, 2.45) is 5.92 Å². The van der Waals surface area contributed by atoms with Crippen LogP contribution >= 0.6 is 23.2 Å². The summed E-state index contributed by atoms with van der Waals surface area (Å²) in [5, 5.41) is 0.690. The number of imide groups is 1. The third-order valence-electron chi connectivity index (χ3n) is 5.97. The Morgan fingerprint density at radius 3 is 2.23 bits per heavy atom. The monoisotopic (exact) mass is 442 g/mol. The molecule has 4 nitrogen and oxygen atoms in total. The van der Waals surface area contributed by atoms with Crippen molar-refractivity contribution in [1.29, 1.82) is 0 Å². The smallest absolute Gasteiger partial charge is 0.282 e. The van der Waals surface area contributed by atoms with Gasteiger partial charge in [0.05, 0.1) is 21.3 Å². The standard InChI is InChI=1S/C24H24Cl2N2O2/c1-14-8-10-27(11-9-14)22-21(18-6-4-15(2)12-16(18)3)23(29)28(24(22)30)17-5-7-19(25)20(26)13-17/h4-7,12-14H,8-11H2,1-3H3. The second-order valence-electron chi connectivity index (χ2n) is 8.26. The summed E-state index contributed by atoms with van der Waals surface area (Å²) in [6.07, 6.45) is 2.00. The summed E-state index contributed by atoms with van der Waals surface area (Å²) in [5.41, 5.74) is 4.29. The van der Waals surface area contributed by atoms with Crippen LogP contribution in [0.25, 0.3) is 5.57 Å². The highest BCUT2D eigenvalue weighted by atomic mass is 35.5. The Morgan fingerprint density at radius 1 is 0.900 bits per heavy atom. The molecular formula is C24H24Cl2N2O2. The van der Waals surface area contributed by atoms with E-state index in [1.54, 1.807) is 18.2 Å². The Hall–Kier alpha value is -2.30. The van der Waals surface area contributed by atoms with Crippen LogP contribution < -0.4 is 4.90 Å². The number of hydrogen-bond donors (Lipinski definition) is 0. The minimum atomic E-state index is -0.320. The Bertz CT molecular complexity index is 1070. The van der Waals surface area contributed by atoms with Crippen LogP contribution in [0, 0.1) is 19.8 Å². The molecule has 2 aromatic rings. The van der Waals surface area contributed by atoms with E-state index in [0.717, 1.165) is 42.6 Å². The molecule has 0 saturated carbocycles. The van der Waals surface area contributed by atoms with Crippen LogP contribution in [0.1, 0.15) is 36.5 Å². The Balaban J connectivity index is 1.85. The molecule has 2 amide bonds. The van der Waals surface area contributed by atoms with E-state index in [9.17, 15) is 9.59 Å². The number of nitrogens with zero attached hydrogens (tertiary/aromatic N) is 2. The topological polar surface area (TPSA) is 40.6 Å². The quantitative estimate of drug-likeness (QED) is 0.578. The van der Waals surface area contributed by atoms with Gasteiger partial charge in [-0.05, 0) is 61.9 Å². The van der Waals surface area contributed by atoms with E-state index in [4.69, 9.17) is 23.2 Å². The Morgan fingerprint density at radius 2 is 1.60 bits per heavy atom. The van der Waals surface area contributed by atoms with E-state index >= 15 is 0 Å². The molecule has 30 heavy (non-hydrogen) atoms. The zero-order valence-electron chi connectivity index (χ0n) is 17.3. The second-order valence-corrected chi connectivity index (χ2v) is 9.07. The predicted molar refractivity (Wildman–Crippen MR) is 122 cm³/mol. The number of benzene rings is 2. The zero-order valence-corrected chi connectivity index (χ0v) is 18.8. The lowest BCUT2D eigenvalue weighted by Crippen LogP contribution is -2.38. The fourth-order valence-corrected chi connectivity index (χ4v) is 4.53. The van der Waals surface area contributed by atoms with Crippen LogP contribution in [-0.2, 0) is 9.59 Å². The van der Waals surface area contributed by atoms with Gasteiger partial charge in [-0.25, -0.2) is 4.90 Å². The number of carbonyl (C=O) groups is 2. The highest BCUT2D eigenvalue weighted by Gasteiger charge is 2.43. The highest BCUT2D eigenvalue weighted by Crippen LogP contribution is 2.38. The second kappa shape index (κ2) is 8.09. The fourth-order valence-electron chi connectivity index (χ4n) is 4.24. The number of aryl methyl sites for hydroxylation is 2. The van der Waals surface area contributed by atoms with Gasteiger partial charge >= 0.3 is 0 Å². The van der Waals surface area contributed by atoms with Gasteiger partial charge in [0.1, 0.15) is 5.70 Å². The Kier molecular flexibility index (Phi) is 5.65. The summed E-state index contributed by atoms with van der Waals surface area (Å²) in [6.45, 7) is 7.74. The van der Waals surface area contributed by atoms with Gasteiger partial charge in [0, 0.05) is 13.1 Å². The van der Waals surface area contributed by atoms with Crippen molar-refractivity contribution >= 4 is 46.3 Å². The number of halogens is 2. The van der Waals surface area contributed by atoms with E-state index in [-0.39, 0.29) is 11.8 Å². The number of amides is 2. The van der Waals surface area contributed by atoms with E-state index in [0.29, 0.717) is 32.9 Å². The number of piperidine rings is 1. The number of likely N-dealkylation sites (tertiary alicyclic amines) is 1. The van der Waals surface area contributed by atoms with Crippen molar-refractivity contribution in [2.75, 3.05) is 18.0 Å². The average molecular weight is 443 g/mol. The lowest BCUT2D eigenvalue weighted by Gasteiger charge is -2.32. The molecule has 1 saturated heterocycles. The van der Waals surface area contributed by atoms with Crippen molar-refractivity contribution in [1.82, 2.24) is 4.90 Å². The maximum atomic E-state index is 13.6. The lowest BCUT2D eigenvalue weighted by molar-refractivity contribution is -0.120. The van der Waals surface area contributed by atoms with Gasteiger partial charge in [-0.1, -0.05) is 53.9 Å². The number of hydrogen-bond acceptors (Lipinski definition) is 3. The molecule has 0 atom stereocenters. The largest absolute Gasteiger partial charge is 0.366 e. The van der Waals surface area contributed by atoms with Gasteiger partial charge in [0.25, 0.3) is 11.8 Å². The molecule has 0 radical (unpaired) electrons. The molecule has 0 aliphatic carbocycles. The van der Waals surface area contributed by atoms with Crippen molar-refractivity contribution < 1.29 is 9.59 Å². The lowest BCUT2D eigenvalue weighted by atomic mass is 9.95. The fraction of sp³-hybridized carbons (Fsp3) is 0.333. The number of anilines is 1. The first kappa shape index (κ1) is 21.0. The number of carbonyl (C=O) groups excluding carboxylic acids is 2. The van der Waals surface area contributed by atoms with Gasteiger partial charge in [0.15, 0.2) is 0 Å². The van der Waals surface area contributed by atoms with Gasteiger partial charge in [0.2, 0.25) is 0 Å². The molecule has 0 spiro atoms. The predicted octanol–water partition coefficient (Wildman–Crippen LogP) is 5.63. The SMILES string of the molecule is Cc1ccc(C2=C(N3CCC(C)CC3)C(=O)N(c3ccc(Cl)c(Cl)c3)C2=O)c(C)c1. The minimum Gasteiger partial charge on any atom is -0.366 e. The molecule has 2 aromatic carbocycles. The molecule has 6 heteroatoms. The van der Waals surface area contributed by atoms with E-state index in [2.05, 4.69) is 11.8 Å². The van der Waals surface area contributed by atoms with E-state index < -0.39 is 0 Å². The van der Waals surface area contributed by atoms with Crippen molar-refractivity contribution in [3.63, 3.8) is 0 Å². The van der Waals surface area contributed by atoms with Crippen LogP contribution in [-0.4, -0.2) is 29.8 Å². The summed E-state index contributed by atoms with van der Waals surface area (Å²) in [5.74, 6) is -0.00771. The molecule has 156 valence electrons. The van der Waals surface area contributed by atoms with Crippen LogP contribution in [0.3, 0.4) is 0 Å². The number of rotatable bonds is 3. The van der Waals surface area contributed by atoms with Gasteiger partial charge in [-0.15, -0.1) is 0 Å². The van der Waals surface area contributed by atoms with E-state index in [1.807, 2.05) is 32.0 Å². The van der Waals surface area contributed by atoms with Gasteiger partial charge in [-0.3, -0.25) is 9.59 Å². The molecule has 0 N–H and O–H groups in total. The third-order valence-corrected chi connectivity index (χ3v) is 6.71. The summed E-state index contributed by atoms with van der Waals surface area (Å²) in [7, 11) is 0. The van der Waals surface area contributed by atoms with Crippen LogP contribution in [0.5, 0.6) is 0 Å². The molecule has 0 bridgehead atoms. The summed E-state index contributed by atoms with van der Waals surface area (Å²) < 4.78 is 0. The Labute approximate surface area is 187 Å². The highest BCUT2D eigenvalue weighted by molar-refractivity contribution is 6.46. The minimum absolute atomic E-state index is 0.303. The molecule has 0 aromatic heterocycles. The summed E-state index contributed by atoms with van der Waals surface area (Å²) >= 11 is 12.2. The van der Waals surface area contributed by atoms with Crippen LogP contribution in [0.2, 0.25) is 10.0 Å². The molecule has 1 fully saturated rings. The van der Waals surface area contributed by atoms with Crippen LogP contribution in [0.4, 0.5) is 5.69 Å². The first-order valence-electron chi connectivity index (χ1n) is 10.2. The molecule has 4 rings (SSSR count). The van der Waals surface area contributed by atoms with Crippen LogP contribution in [0.15, 0.2) is 42.1 Å². The maximum Gasteiger partial charge on any atom is 0.282 e. The summed E-state index contributed by atoms with van der Waals surface area (Å²) in [4.78, 5) is 30.5. The van der Waals surface area contributed by atoms with Crippen molar-refractivity contribution in [2.45, 2.75) is 33.6 Å². The molecule has 2 aliphatic rings. The van der Waals surface area contributed by atoms with Gasteiger partial charge < -0.3 is 4.90 Å². The maximum absolute atomic E-state index is 13.6. The normalized spacial score (nSPS) is 18.0. The van der Waals surface area contributed by atoms with Crippen molar-refractivity contribution in [3.8, 4) is 0 Å². The van der Waals surface area contributed by atoms with Gasteiger partial charge in [-0.2, -0.15) is 0 Å². The molecule has 2 aliphatic heterocycles. The molecule has 2 heterocycles. The first-order valence-corrected chi connectivity index (χ1v) is 10.9. The van der Waals surface area contributed by atoms with E-state index in [1.165, 1.54) is 4.90 Å². The first-order chi connectivity index (χ1) is 14.3. The average Bonchev–Trinajstić information content (AvgIpc) is 2.95. The zero-order chi connectivity index (χ0) is 21.6. The molecule has 0 unspecified atom stereocenters. The molecular weight excluding hydrogens is 419 g/mol. The third kappa shape index (κ3) is 3.63. The van der Waals surface area contributed by atoms with Crippen molar-refractivity contribution in [3.05, 3.63) is 68.8 Å².